The molecule has 0 bridgehead atoms. The molecule has 0 aromatic heterocycles. The number of nitrogens with one attached hydrogen (secondary N) is 1. The van der Waals surface area contributed by atoms with Crippen LogP contribution in [-0.2, 0) is 0 Å². The number of hydrogen-bond donors (Lipinski definition) is 1. The van der Waals surface area contributed by atoms with E-state index in [1.165, 1.54) is 12.1 Å². The topological polar surface area (TPSA) is 29.1 Å². The van der Waals surface area contributed by atoms with Gasteiger partial charge in [0.2, 0.25) is 0 Å². The zero-order valence-corrected chi connectivity index (χ0v) is 10.5. The van der Waals surface area contributed by atoms with Gasteiger partial charge in [-0.15, -0.1) is 0 Å². The molecule has 0 aliphatic carbocycles. The van der Waals surface area contributed by atoms with Crippen molar-refractivity contribution in [2.24, 2.45) is 0 Å². The average Bonchev–Trinajstić information content (AvgIpc) is 2.14. The minimum absolute atomic E-state index is 0.0150. The molecule has 17 heavy (non-hydrogen) atoms. The molecular weight excluding hydrogens is 224 g/mol. The van der Waals surface area contributed by atoms with Crippen molar-refractivity contribution in [3.05, 3.63) is 34.9 Å². The van der Waals surface area contributed by atoms with E-state index in [0.29, 0.717) is 5.56 Å². The third kappa shape index (κ3) is 3.25. The van der Waals surface area contributed by atoms with Gasteiger partial charge >= 0.3 is 0 Å². The van der Waals surface area contributed by atoms with E-state index in [1.54, 1.807) is 13.8 Å². The molecule has 1 aromatic carbocycles. The molecule has 0 saturated carbocycles. The molecule has 0 heterocycles. The molecule has 2 nitrogen and oxygen atoms in total. The Balaban J connectivity index is 3.14. The predicted octanol–water partition coefficient (Wildman–Crippen LogP) is 3.23. The first-order valence-corrected chi connectivity index (χ1v) is 5.62. The smallest absolute Gasteiger partial charge is 0.257 e. The molecule has 94 valence electrons. The second-order valence-electron chi connectivity index (χ2n) is 4.64. The summed E-state index contributed by atoms with van der Waals surface area (Å²) in [6.07, 6.45) is 0. The van der Waals surface area contributed by atoms with Crippen molar-refractivity contribution in [2.75, 3.05) is 0 Å². The fourth-order valence-electron chi connectivity index (χ4n) is 1.48. The Labute approximate surface area is 100 Å². The van der Waals surface area contributed by atoms with E-state index >= 15 is 0 Å². The summed E-state index contributed by atoms with van der Waals surface area (Å²) in [7, 11) is 0. The van der Waals surface area contributed by atoms with Gasteiger partial charge in [-0.3, -0.25) is 4.79 Å². The summed E-state index contributed by atoms with van der Waals surface area (Å²) in [4.78, 5) is 11.6. The summed E-state index contributed by atoms with van der Waals surface area (Å²) in [6.45, 7) is 7.14. The minimum atomic E-state index is -0.813. The molecule has 0 saturated heterocycles. The van der Waals surface area contributed by atoms with Crippen LogP contribution in [0, 0.1) is 11.6 Å². The fraction of sp³-hybridized carbons (Fsp3) is 0.462. The SMILES string of the molecule is CC(C)NC(=O)c1c(F)cc(C(C)C)cc1F. The maximum atomic E-state index is 13.7. The van der Waals surface area contributed by atoms with Gasteiger partial charge < -0.3 is 5.32 Å². The lowest BCUT2D eigenvalue weighted by atomic mass is 10.0. The van der Waals surface area contributed by atoms with Gasteiger partial charge in [0.25, 0.3) is 5.91 Å². The van der Waals surface area contributed by atoms with Gasteiger partial charge in [-0.25, -0.2) is 8.78 Å². The first-order chi connectivity index (χ1) is 7.82. The standard InChI is InChI=1S/C13H17F2NO/c1-7(2)9-5-10(14)12(11(15)6-9)13(17)16-8(3)4/h5-8H,1-4H3,(H,16,17). The monoisotopic (exact) mass is 241 g/mol. The molecule has 1 aromatic rings. The van der Waals surface area contributed by atoms with Gasteiger partial charge in [0.05, 0.1) is 0 Å². The van der Waals surface area contributed by atoms with E-state index in [4.69, 9.17) is 0 Å². The molecule has 0 fully saturated rings. The van der Waals surface area contributed by atoms with Crippen molar-refractivity contribution < 1.29 is 13.6 Å². The number of rotatable bonds is 3. The van der Waals surface area contributed by atoms with Crippen molar-refractivity contribution >= 4 is 5.91 Å². The third-order valence-corrected chi connectivity index (χ3v) is 2.38. The van der Waals surface area contributed by atoms with Gasteiger partial charge in [-0.2, -0.15) is 0 Å². The normalized spacial score (nSPS) is 11.1. The van der Waals surface area contributed by atoms with Gasteiger partial charge in [0, 0.05) is 6.04 Å². The molecule has 0 unspecified atom stereocenters. The largest absolute Gasteiger partial charge is 0.350 e. The number of carbonyl (C=O) groups excluding carboxylic acids is 1. The number of carbonyl (C=O) groups is 1. The highest BCUT2D eigenvalue weighted by molar-refractivity contribution is 5.95. The average molecular weight is 241 g/mol. The molecule has 1 N–H and O–H groups in total. The van der Waals surface area contributed by atoms with E-state index in [1.807, 2.05) is 13.8 Å². The predicted molar refractivity (Wildman–Crippen MR) is 63.0 cm³/mol. The molecule has 1 amide bonds. The van der Waals surface area contributed by atoms with Gasteiger partial charge in [-0.1, -0.05) is 13.8 Å². The summed E-state index contributed by atoms with van der Waals surface area (Å²) in [6, 6.07) is 2.26. The van der Waals surface area contributed by atoms with Crippen molar-refractivity contribution in [1.29, 1.82) is 0 Å². The first-order valence-electron chi connectivity index (χ1n) is 5.62. The summed E-state index contributed by atoms with van der Waals surface area (Å²) in [5.41, 5.74) is 0.0317. The van der Waals surface area contributed by atoms with Crippen molar-refractivity contribution in [3.8, 4) is 0 Å². The molecule has 0 spiro atoms. The first kappa shape index (κ1) is 13.6. The van der Waals surface area contributed by atoms with Gasteiger partial charge in [0.15, 0.2) is 0 Å². The number of hydrogen-bond acceptors (Lipinski definition) is 1. The fourth-order valence-corrected chi connectivity index (χ4v) is 1.48. The van der Waals surface area contributed by atoms with Gasteiger partial charge in [-0.05, 0) is 37.5 Å². The molecule has 0 aliphatic heterocycles. The van der Waals surface area contributed by atoms with Crippen LogP contribution in [0.15, 0.2) is 12.1 Å². The highest BCUT2D eigenvalue weighted by Gasteiger charge is 2.19. The number of benzene rings is 1. The lowest BCUT2D eigenvalue weighted by Crippen LogP contribution is -2.31. The Morgan fingerprint density at radius 1 is 1.12 bits per heavy atom. The molecule has 0 atom stereocenters. The van der Waals surface area contributed by atoms with E-state index in [2.05, 4.69) is 5.32 Å². The number of halogens is 2. The highest BCUT2D eigenvalue weighted by Crippen LogP contribution is 2.21. The van der Waals surface area contributed by atoms with Crippen LogP contribution in [0.3, 0.4) is 0 Å². The zero-order valence-electron chi connectivity index (χ0n) is 10.5. The molecule has 1 rings (SSSR count). The maximum absolute atomic E-state index is 13.7. The highest BCUT2D eigenvalue weighted by atomic mass is 19.1. The van der Waals surface area contributed by atoms with Crippen molar-refractivity contribution in [1.82, 2.24) is 5.32 Å². The van der Waals surface area contributed by atoms with E-state index in [-0.39, 0.29) is 12.0 Å². The molecular formula is C13H17F2NO. The van der Waals surface area contributed by atoms with E-state index < -0.39 is 23.1 Å². The molecule has 4 heteroatoms. The van der Waals surface area contributed by atoms with Crippen LogP contribution in [0.5, 0.6) is 0 Å². The van der Waals surface area contributed by atoms with Gasteiger partial charge in [0.1, 0.15) is 17.2 Å². The van der Waals surface area contributed by atoms with Crippen LogP contribution in [0.4, 0.5) is 8.78 Å². The zero-order chi connectivity index (χ0) is 13.2. The van der Waals surface area contributed by atoms with Crippen LogP contribution in [0.25, 0.3) is 0 Å². The van der Waals surface area contributed by atoms with E-state index in [9.17, 15) is 13.6 Å². The lowest BCUT2D eigenvalue weighted by molar-refractivity contribution is 0.0934. The summed E-state index contributed by atoms with van der Waals surface area (Å²) < 4.78 is 27.3. The van der Waals surface area contributed by atoms with Crippen LogP contribution in [-0.4, -0.2) is 11.9 Å². The van der Waals surface area contributed by atoms with Crippen LogP contribution >= 0.6 is 0 Å². The Kier molecular flexibility index (Phi) is 4.21. The second kappa shape index (κ2) is 5.25. The minimum Gasteiger partial charge on any atom is -0.350 e. The van der Waals surface area contributed by atoms with Crippen molar-refractivity contribution in [3.63, 3.8) is 0 Å². The number of amides is 1. The Morgan fingerprint density at radius 3 is 1.94 bits per heavy atom. The Hall–Kier alpha value is -1.45. The quantitative estimate of drug-likeness (QED) is 0.864. The summed E-state index contributed by atoms with van der Waals surface area (Å²) in [5.74, 6) is -2.33. The molecule has 0 radical (unpaired) electrons. The molecule has 0 aliphatic rings. The van der Waals surface area contributed by atoms with Crippen molar-refractivity contribution in [2.45, 2.75) is 39.7 Å². The summed E-state index contributed by atoms with van der Waals surface area (Å²) in [5, 5.41) is 2.47. The van der Waals surface area contributed by atoms with E-state index in [0.717, 1.165) is 0 Å². The third-order valence-electron chi connectivity index (χ3n) is 2.38. The Morgan fingerprint density at radius 2 is 1.59 bits per heavy atom. The van der Waals surface area contributed by atoms with Crippen LogP contribution in [0.1, 0.15) is 49.5 Å². The van der Waals surface area contributed by atoms with Crippen LogP contribution in [0.2, 0.25) is 0 Å². The Bertz CT molecular complexity index is 404. The van der Waals surface area contributed by atoms with Crippen LogP contribution < -0.4 is 5.32 Å². The second-order valence-corrected chi connectivity index (χ2v) is 4.64. The summed E-state index contributed by atoms with van der Waals surface area (Å²) >= 11 is 0. The maximum Gasteiger partial charge on any atom is 0.257 e. The lowest BCUT2D eigenvalue weighted by Gasteiger charge is -2.12.